The molecule has 0 saturated carbocycles. The second-order valence-corrected chi connectivity index (χ2v) is 6.72. The van der Waals surface area contributed by atoms with Gasteiger partial charge in [0.25, 0.3) is 0 Å². The van der Waals surface area contributed by atoms with E-state index < -0.39 is 0 Å². The molecule has 3 atom stereocenters. The van der Waals surface area contributed by atoms with Crippen LogP contribution in [-0.4, -0.2) is 37.2 Å². The minimum atomic E-state index is 0.448. The van der Waals surface area contributed by atoms with Gasteiger partial charge in [0.1, 0.15) is 0 Å². The number of hydrogen-bond donors (Lipinski definition) is 0. The Kier molecular flexibility index (Phi) is 3.60. The van der Waals surface area contributed by atoms with Crippen LogP contribution < -0.4 is 0 Å². The Labute approximate surface area is 100 Å². The lowest BCUT2D eigenvalue weighted by Gasteiger charge is -2.46. The zero-order valence-electron chi connectivity index (χ0n) is 11.3. The van der Waals surface area contributed by atoms with Gasteiger partial charge in [-0.15, -0.1) is 0 Å². The molecule has 2 fully saturated rings. The zero-order valence-corrected chi connectivity index (χ0v) is 11.3. The molecule has 2 saturated heterocycles. The number of nitrogens with zero attached hydrogens (tertiary/aromatic N) is 1. The molecular formula is C14H27NO. The number of ether oxygens (including phenoxy) is 1. The molecule has 0 bridgehead atoms. The first kappa shape index (κ1) is 12.4. The van der Waals surface area contributed by atoms with Gasteiger partial charge < -0.3 is 4.74 Å². The minimum Gasteiger partial charge on any atom is -0.378 e. The second kappa shape index (κ2) is 4.66. The van der Waals surface area contributed by atoms with E-state index in [4.69, 9.17) is 4.74 Å². The number of morpholine rings is 1. The molecule has 2 heteroatoms. The van der Waals surface area contributed by atoms with Gasteiger partial charge in [-0.05, 0) is 30.1 Å². The summed E-state index contributed by atoms with van der Waals surface area (Å²) >= 11 is 0. The van der Waals surface area contributed by atoms with Crippen molar-refractivity contribution < 1.29 is 4.74 Å². The van der Waals surface area contributed by atoms with Crippen molar-refractivity contribution in [2.75, 3.05) is 26.3 Å². The topological polar surface area (TPSA) is 12.5 Å². The average Bonchev–Trinajstić information content (AvgIpc) is 2.26. The van der Waals surface area contributed by atoms with Gasteiger partial charge in [-0.1, -0.05) is 27.7 Å². The van der Waals surface area contributed by atoms with E-state index in [0.717, 1.165) is 37.6 Å². The van der Waals surface area contributed by atoms with E-state index in [0.29, 0.717) is 5.41 Å². The molecule has 0 aromatic heterocycles. The van der Waals surface area contributed by atoms with Crippen LogP contribution in [0.25, 0.3) is 0 Å². The minimum absolute atomic E-state index is 0.448. The smallest absolute Gasteiger partial charge is 0.0622 e. The van der Waals surface area contributed by atoms with Gasteiger partial charge in [0.05, 0.1) is 13.2 Å². The second-order valence-electron chi connectivity index (χ2n) is 6.72. The van der Waals surface area contributed by atoms with Crippen LogP contribution >= 0.6 is 0 Å². The third-order valence-corrected chi connectivity index (χ3v) is 4.76. The van der Waals surface area contributed by atoms with Crippen LogP contribution in [0, 0.1) is 17.3 Å². The molecule has 2 nitrogen and oxygen atoms in total. The fourth-order valence-electron chi connectivity index (χ4n) is 3.11. The largest absolute Gasteiger partial charge is 0.378 e. The summed E-state index contributed by atoms with van der Waals surface area (Å²) in [6, 6.07) is 0.720. The van der Waals surface area contributed by atoms with Gasteiger partial charge in [0.15, 0.2) is 0 Å². The van der Waals surface area contributed by atoms with E-state index in [9.17, 15) is 0 Å². The summed E-state index contributed by atoms with van der Waals surface area (Å²) < 4.78 is 5.56. The van der Waals surface area contributed by atoms with Crippen molar-refractivity contribution in [3.8, 4) is 0 Å². The highest BCUT2D eigenvalue weighted by Gasteiger charge is 2.36. The van der Waals surface area contributed by atoms with Gasteiger partial charge in [0, 0.05) is 19.1 Å². The SMILES string of the molecule is CC(C1CCC2COCCN2C1)C(C)(C)C. The van der Waals surface area contributed by atoms with Gasteiger partial charge >= 0.3 is 0 Å². The molecular weight excluding hydrogens is 198 g/mol. The quantitative estimate of drug-likeness (QED) is 0.680. The molecule has 0 amide bonds. The summed E-state index contributed by atoms with van der Waals surface area (Å²) in [7, 11) is 0. The highest BCUT2D eigenvalue weighted by atomic mass is 16.5. The van der Waals surface area contributed by atoms with Crippen LogP contribution in [0.15, 0.2) is 0 Å². The van der Waals surface area contributed by atoms with Gasteiger partial charge in [-0.2, -0.15) is 0 Å². The summed E-state index contributed by atoms with van der Waals surface area (Å²) in [5.41, 5.74) is 0.448. The zero-order chi connectivity index (χ0) is 11.8. The molecule has 0 aliphatic carbocycles. The standard InChI is InChI=1S/C14H27NO/c1-11(14(2,3)4)12-5-6-13-10-16-8-7-15(13)9-12/h11-13H,5-10H2,1-4H3. The first-order chi connectivity index (χ1) is 7.48. The fraction of sp³-hybridized carbons (Fsp3) is 1.00. The lowest BCUT2D eigenvalue weighted by atomic mass is 9.71. The Morgan fingerprint density at radius 1 is 1.25 bits per heavy atom. The summed E-state index contributed by atoms with van der Waals surface area (Å²) in [4.78, 5) is 2.67. The molecule has 2 aliphatic heterocycles. The van der Waals surface area contributed by atoms with Crippen LogP contribution in [-0.2, 0) is 4.74 Å². The van der Waals surface area contributed by atoms with Crippen molar-refractivity contribution in [2.45, 2.75) is 46.6 Å². The Hall–Kier alpha value is -0.0800. The number of piperidine rings is 1. The maximum absolute atomic E-state index is 5.56. The Morgan fingerprint density at radius 2 is 2.00 bits per heavy atom. The lowest BCUT2D eigenvalue weighted by Crippen LogP contribution is -2.52. The first-order valence-corrected chi connectivity index (χ1v) is 6.80. The molecule has 0 aromatic rings. The van der Waals surface area contributed by atoms with Gasteiger partial charge in [-0.25, -0.2) is 0 Å². The van der Waals surface area contributed by atoms with Crippen LogP contribution in [0.5, 0.6) is 0 Å². The van der Waals surface area contributed by atoms with Crippen LogP contribution in [0.3, 0.4) is 0 Å². The summed E-state index contributed by atoms with van der Waals surface area (Å²) in [6.07, 6.45) is 2.73. The van der Waals surface area contributed by atoms with E-state index in [2.05, 4.69) is 32.6 Å². The van der Waals surface area contributed by atoms with Crippen molar-refractivity contribution >= 4 is 0 Å². The molecule has 94 valence electrons. The maximum atomic E-state index is 5.56. The number of rotatable bonds is 1. The monoisotopic (exact) mass is 225 g/mol. The van der Waals surface area contributed by atoms with Crippen molar-refractivity contribution in [3.63, 3.8) is 0 Å². The summed E-state index contributed by atoms with van der Waals surface area (Å²) in [6.45, 7) is 13.9. The molecule has 0 N–H and O–H groups in total. The fourth-order valence-corrected chi connectivity index (χ4v) is 3.11. The first-order valence-electron chi connectivity index (χ1n) is 6.80. The molecule has 2 rings (SSSR count). The highest BCUT2D eigenvalue weighted by Crippen LogP contribution is 2.37. The molecule has 2 heterocycles. The van der Waals surface area contributed by atoms with E-state index in [1.165, 1.54) is 19.4 Å². The van der Waals surface area contributed by atoms with Crippen molar-refractivity contribution in [3.05, 3.63) is 0 Å². The molecule has 0 aromatic carbocycles. The van der Waals surface area contributed by atoms with Crippen LogP contribution in [0.1, 0.15) is 40.5 Å². The lowest BCUT2D eigenvalue weighted by molar-refractivity contribution is -0.0494. The van der Waals surface area contributed by atoms with E-state index in [-0.39, 0.29) is 0 Å². The number of hydrogen-bond acceptors (Lipinski definition) is 2. The van der Waals surface area contributed by atoms with Crippen LogP contribution in [0.4, 0.5) is 0 Å². The third-order valence-electron chi connectivity index (χ3n) is 4.76. The maximum Gasteiger partial charge on any atom is 0.0622 e. The molecule has 16 heavy (non-hydrogen) atoms. The highest BCUT2D eigenvalue weighted by molar-refractivity contribution is 4.88. The van der Waals surface area contributed by atoms with Crippen molar-refractivity contribution in [1.82, 2.24) is 4.90 Å². The summed E-state index contributed by atoms with van der Waals surface area (Å²) in [5.74, 6) is 1.70. The van der Waals surface area contributed by atoms with Crippen LogP contribution in [0.2, 0.25) is 0 Å². The Balaban J connectivity index is 1.94. The van der Waals surface area contributed by atoms with E-state index in [1.807, 2.05) is 0 Å². The van der Waals surface area contributed by atoms with E-state index in [1.54, 1.807) is 0 Å². The third kappa shape index (κ3) is 2.60. The number of fused-ring (bicyclic) bond motifs is 1. The average molecular weight is 225 g/mol. The van der Waals surface area contributed by atoms with Crippen molar-refractivity contribution in [2.24, 2.45) is 17.3 Å². The van der Waals surface area contributed by atoms with Gasteiger partial charge in [0.2, 0.25) is 0 Å². The Bertz CT molecular complexity index is 233. The normalized spacial score (nSPS) is 34.5. The molecule has 0 radical (unpaired) electrons. The molecule has 3 unspecified atom stereocenters. The van der Waals surface area contributed by atoms with Crippen molar-refractivity contribution in [1.29, 1.82) is 0 Å². The molecule has 2 aliphatic rings. The Morgan fingerprint density at radius 3 is 2.69 bits per heavy atom. The molecule has 0 spiro atoms. The van der Waals surface area contributed by atoms with E-state index >= 15 is 0 Å². The predicted octanol–water partition coefficient (Wildman–Crippen LogP) is 2.78. The summed E-state index contributed by atoms with van der Waals surface area (Å²) in [5, 5.41) is 0. The predicted molar refractivity (Wildman–Crippen MR) is 67.5 cm³/mol. The van der Waals surface area contributed by atoms with Gasteiger partial charge in [-0.3, -0.25) is 4.90 Å².